The van der Waals surface area contributed by atoms with Crippen LogP contribution in [0.5, 0.6) is 0 Å². The van der Waals surface area contributed by atoms with Gasteiger partial charge >= 0.3 is 0 Å². The average molecular weight is 481 g/mol. The molecule has 166 valence electrons. The van der Waals surface area contributed by atoms with Gasteiger partial charge in [-0.2, -0.15) is 0 Å². The van der Waals surface area contributed by atoms with E-state index in [1.807, 2.05) is 0 Å². The Hall–Kier alpha value is -3.49. The molecule has 0 saturated carbocycles. The maximum Gasteiger partial charge on any atom is 0.234 e. The monoisotopic (exact) mass is 480 g/mol. The van der Waals surface area contributed by atoms with Crippen LogP contribution in [-0.2, 0) is 4.79 Å². The lowest BCUT2D eigenvalue weighted by molar-refractivity contribution is -0.113. The van der Waals surface area contributed by atoms with Gasteiger partial charge in [-0.3, -0.25) is 14.2 Å². The Balaban J connectivity index is 1.59. The summed E-state index contributed by atoms with van der Waals surface area (Å²) in [4.78, 5) is 23.9. The molecule has 0 saturated heterocycles. The molecule has 0 aliphatic heterocycles. The third kappa shape index (κ3) is 5.13. The van der Waals surface area contributed by atoms with Crippen LogP contribution in [0.1, 0.15) is 17.3 Å². The van der Waals surface area contributed by atoms with Crippen molar-refractivity contribution in [2.45, 2.75) is 12.1 Å². The number of aromatic nitrogens is 3. The number of carbonyl (C=O) groups excluding carboxylic acids is 2. The van der Waals surface area contributed by atoms with Crippen LogP contribution in [0.3, 0.4) is 0 Å². The van der Waals surface area contributed by atoms with Crippen molar-refractivity contribution in [3.05, 3.63) is 89.2 Å². The summed E-state index contributed by atoms with van der Waals surface area (Å²) in [7, 11) is 0. The Morgan fingerprint density at radius 2 is 1.70 bits per heavy atom. The second-order valence-electron chi connectivity index (χ2n) is 7.04. The number of nitrogens with zero attached hydrogens (tertiary/aromatic N) is 3. The first-order chi connectivity index (χ1) is 15.9. The molecule has 1 aromatic heterocycles. The highest BCUT2D eigenvalue weighted by Crippen LogP contribution is 2.32. The topological polar surface area (TPSA) is 76.9 Å². The molecule has 1 heterocycles. The van der Waals surface area contributed by atoms with Crippen LogP contribution in [0.2, 0.25) is 5.02 Å². The highest BCUT2D eigenvalue weighted by molar-refractivity contribution is 7.99. The molecule has 0 radical (unpaired) electrons. The standard InChI is InChI=1S/C24H18ClFN4O2S/c1-15(31)16-10-12-17(13-11-16)27-22(32)14-33-24-29-28-23(18-6-2-3-7-19(18)25)30(24)21-9-5-4-8-20(21)26/h2-13H,14H2,1H3,(H,27,32). The molecule has 0 aliphatic rings. The van der Waals surface area contributed by atoms with E-state index < -0.39 is 5.82 Å². The van der Waals surface area contributed by atoms with Crippen LogP contribution in [0.15, 0.2) is 78.0 Å². The van der Waals surface area contributed by atoms with Crippen molar-refractivity contribution in [1.82, 2.24) is 14.8 Å². The van der Waals surface area contributed by atoms with Gasteiger partial charge in [0.15, 0.2) is 16.8 Å². The first-order valence-electron chi connectivity index (χ1n) is 9.93. The molecule has 0 aliphatic carbocycles. The lowest BCUT2D eigenvalue weighted by Crippen LogP contribution is -2.14. The van der Waals surface area contributed by atoms with Crippen molar-refractivity contribution < 1.29 is 14.0 Å². The van der Waals surface area contributed by atoms with Crippen molar-refractivity contribution >= 4 is 40.7 Å². The summed E-state index contributed by atoms with van der Waals surface area (Å²) in [5.74, 6) is -0.400. The van der Waals surface area contributed by atoms with Gasteiger partial charge < -0.3 is 5.32 Å². The molecule has 0 fully saturated rings. The van der Waals surface area contributed by atoms with Crippen LogP contribution in [0, 0.1) is 5.82 Å². The number of anilines is 1. The zero-order chi connectivity index (χ0) is 23.4. The van der Waals surface area contributed by atoms with Crippen LogP contribution in [0.25, 0.3) is 17.1 Å². The lowest BCUT2D eigenvalue weighted by atomic mass is 10.1. The van der Waals surface area contributed by atoms with E-state index in [1.54, 1.807) is 71.3 Å². The quantitative estimate of drug-likeness (QED) is 0.273. The van der Waals surface area contributed by atoms with Gasteiger partial charge in [0, 0.05) is 16.8 Å². The molecule has 1 amide bonds. The number of ketones is 1. The molecule has 6 nitrogen and oxygen atoms in total. The molecule has 0 spiro atoms. The number of benzene rings is 3. The fourth-order valence-electron chi connectivity index (χ4n) is 3.15. The predicted molar refractivity (Wildman–Crippen MR) is 128 cm³/mol. The number of carbonyl (C=O) groups is 2. The summed E-state index contributed by atoms with van der Waals surface area (Å²) in [6.07, 6.45) is 0. The number of rotatable bonds is 7. The Morgan fingerprint density at radius 1 is 1.00 bits per heavy atom. The van der Waals surface area contributed by atoms with Crippen LogP contribution >= 0.6 is 23.4 Å². The molecule has 9 heteroatoms. The molecule has 3 aromatic carbocycles. The number of nitrogens with one attached hydrogen (secondary N) is 1. The number of amides is 1. The normalized spacial score (nSPS) is 10.8. The Labute approximate surface area is 198 Å². The molecule has 4 rings (SSSR count). The highest BCUT2D eigenvalue weighted by atomic mass is 35.5. The van der Waals surface area contributed by atoms with Gasteiger partial charge in [0.2, 0.25) is 5.91 Å². The summed E-state index contributed by atoms with van der Waals surface area (Å²) < 4.78 is 16.2. The zero-order valence-electron chi connectivity index (χ0n) is 17.5. The third-order valence-electron chi connectivity index (χ3n) is 4.75. The van der Waals surface area contributed by atoms with Crippen LogP contribution in [0.4, 0.5) is 10.1 Å². The molecule has 0 atom stereocenters. The van der Waals surface area contributed by atoms with E-state index >= 15 is 0 Å². The SMILES string of the molecule is CC(=O)c1ccc(NC(=O)CSc2nnc(-c3ccccc3Cl)n2-c2ccccc2F)cc1. The summed E-state index contributed by atoms with van der Waals surface area (Å²) >= 11 is 7.47. The van der Waals surface area contributed by atoms with E-state index in [9.17, 15) is 14.0 Å². The number of Topliss-reactive ketones (excluding diaryl/α,β-unsaturated/α-hetero) is 1. The number of hydrogen-bond acceptors (Lipinski definition) is 5. The Bertz CT molecular complexity index is 1320. The first-order valence-corrected chi connectivity index (χ1v) is 11.3. The number of hydrogen-bond donors (Lipinski definition) is 1. The Morgan fingerprint density at radius 3 is 2.39 bits per heavy atom. The molecular formula is C24H18ClFN4O2S. The summed E-state index contributed by atoms with van der Waals surface area (Å²) in [6, 6.07) is 20.0. The van der Waals surface area contributed by atoms with E-state index in [0.29, 0.717) is 32.8 Å². The molecular weight excluding hydrogens is 463 g/mol. The zero-order valence-corrected chi connectivity index (χ0v) is 19.0. The van der Waals surface area contributed by atoms with Gasteiger partial charge in [-0.1, -0.05) is 47.6 Å². The van der Waals surface area contributed by atoms with E-state index in [0.717, 1.165) is 11.8 Å². The van der Waals surface area contributed by atoms with E-state index in [1.165, 1.54) is 13.0 Å². The maximum atomic E-state index is 14.7. The first kappa shape index (κ1) is 22.7. The van der Waals surface area contributed by atoms with Gasteiger partial charge in [-0.15, -0.1) is 10.2 Å². The number of para-hydroxylation sites is 1. The predicted octanol–water partition coefficient (Wildman–Crippen LogP) is 5.66. The third-order valence-corrected chi connectivity index (χ3v) is 6.01. The van der Waals surface area contributed by atoms with Gasteiger partial charge in [0.25, 0.3) is 0 Å². The minimum absolute atomic E-state index is 0.0174. The fourth-order valence-corrected chi connectivity index (χ4v) is 4.11. The van der Waals surface area contributed by atoms with Crippen molar-refractivity contribution in [2.75, 3.05) is 11.1 Å². The lowest BCUT2D eigenvalue weighted by Gasteiger charge is -2.12. The summed E-state index contributed by atoms with van der Waals surface area (Å²) in [6.45, 7) is 1.48. The smallest absolute Gasteiger partial charge is 0.234 e. The maximum absolute atomic E-state index is 14.7. The molecule has 33 heavy (non-hydrogen) atoms. The largest absolute Gasteiger partial charge is 0.325 e. The average Bonchev–Trinajstić information content (AvgIpc) is 3.22. The molecule has 1 N–H and O–H groups in total. The fraction of sp³-hybridized carbons (Fsp3) is 0.0833. The molecule has 0 unspecified atom stereocenters. The van der Waals surface area contributed by atoms with Crippen LogP contribution in [-0.4, -0.2) is 32.2 Å². The van der Waals surface area contributed by atoms with Crippen molar-refractivity contribution in [3.8, 4) is 17.1 Å². The number of halogens is 2. The van der Waals surface area contributed by atoms with Gasteiger partial charge in [0.05, 0.1) is 16.5 Å². The molecule has 4 aromatic rings. The van der Waals surface area contributed by atoms with Crippen molar-refractivity contribution in [2.24, 2.45) is 0 Å². The summed E-state index contributed by atoms with van der Waals surface area (Å²) in [5.41, 5.74) is 1.97. The van der Waals surface area contributed by atoms with Gasteiger partial charge in [-0.05, 0) is 55.5 Å². The summed E-state index contributed by atoms with van der Waals surface area (Å²) in [5, 5.41) is 12.0. The van der Waals surface area contributed by atoms with Crippen molar-refractivity contribution in [3.63, 3.8) is 0 Å². The van der Waals surface area contributed by atoms with Gasteiger partial charge in [-0.25, -0.2) is 4.39 Å². The highest BCUT2D eigenvalue weighted by Gasteiger charge is 2.20. The minimum atomic E-state index is -0.456. The molecule has 0 bridgehead atoms. The minimum Gasteiger partial charge on any atom is -0.325 e. The van der Waals surface area contributed by atoms with Crippen LogP contribution < -0.4 is 5.32 Å². The van der Waals surface area contributed by atoms with E-state index in [4.69, 9.17) is 11.6 Å². The Kier molecular flexibility index (Phi) is 6.86. The number of thioether (sulfide) groups is 1. The second-order valence-corrected chi connectivity index (χ2v) is 8.39. The van der Waals surface area contributed by atoms with Gasteiger partial charge in [0.1, 0.15) is 5.82 Å². The van der Waals surface area contributed by atoms with E-state index in [2.05, 4.69) is 15.5 Å². The van der Waals surface area contributed by atoms with Crippen molar-refractivity contribution in [1.29, 1.82) is 0 Å². The second kappa shape index (κ2) is 9.97. The van der Waals surface area contributed by atoms with E-state index in [-0.39, 0.29) is 23.1 Å².